The Morgan fingerprint density at radius 2 is 0.683 bits per heavy atom. The van der Waals surface area contributed by atoms with Gasteiger partial charge in [-0.2, -0.15) is 39.5 Å². The summed E-state index contributed by atoms with van der Waals surface area (Å²) in [7, 11) is 0. The largest absolute Gasteiger partial charge is 0.460 e. The molecule has 4 fully saturated rings. The first-order chi connectivity index (χ1) is 19.1. The Kier molecular flexibility index (Phi) is 5.87. The third kappa shape index (κ3) is 3.69. The van der Waals surface area contributed by atoms with E-state index >= 15 is 17.6 Å². The van der Waals surface area contributed by atoms with Crippen LogP contribution in [0.1, 0.15) is 55.2 Å². The minimum absolute atomic E-state index is 0.279. The lowest BCUT2D eigenvalue weighted by molar-refractivity contribution is -0.421. The number of alkyl halides is 9. The van der Waals surface area contributed by atoms with Crippen molar-refractivity contribution >= 4 is 0 Å². The lowest BCUT2D eigenvalue weighted by atomic mass is 9.31. The van der Waals surface area contributed by atoms with Crippen molar-refractivity contribution in [2.24, 2.45) is 5.41 Å². The van der Waals surface area contributed by atoms with Crippen molar-refractivity contribution in [1.82, 2.24) is 0 Å². The van der Waals surface area contributed by atoms with Crippen molar-refractivity contribution in [3.63, 3.8) is 0 Å². The number of hydrogen-bond donors (Lipinski definition) is 0. The van der Waals surface area contributed by atoms with Gasteiger partial charge in [0.2, 0.25) is 0 Å². The summed E-state index contributed by atoms with van der Waals surface area (Å²) in [6, 6.07) is 25.5. The number of rotatable bonds is 6. The second-order valence-electron chi connectivity index (χ2n) is 12.5. The lowest BCUT2D eigenvalue weighted by Crippen LogP contribution is -2.74. The Hall–Kier alpha value is -2.97. The van der Waals surface area contributed by atoms with Crippen LogP contribution in [0.4, 0.5) is 39.5 Å². The van der Waals surface area contributed by atoms with Crippen LogP contribution in [-0.2, 0) is 16.2 Å². The van der Waals surface area contributed by atoms with Gasteiger partial charge in [0.25, 0.3) is 0 Å². The van der Waals surface area contributed by atoms with Crippen LogP contribution in [0.5, 0.6) is 0 Å². The van der Waals surface area contributed by atoms with Gasteiger partial charge in [0.1, 0.15) is 0 Å². The minimum atomic E-state index is -6.94. The molecule has 0 amide bonds. The maximum atomic E-state index is 16.5. The van der Waals surface area contributed by atoms with Gasteiger partial charge in [0.05, 0.1) is 0 Å². The van der Waals surface area contributed by atoms with Crippen LogP contribution in [0.3, 0.4) is 0 Å². The number of hydrogen-bond acceptors (Lipinski definition) is 0. The average molecular weight is 583 g/mol. The molecule has 218 valence electrons. The Labute approximate surface area is 231 Å². The molecule has 4 aliphatic rings. The minimum Gasteiger partial charge on any atom is -0.199 e. The van der Waals surface area contributed by atoms with Gasteiger partial charge in [-0.1, -0.05) is 91.0 Å². The summed E-state index contributed by atoms with van der Waals surface area (Å²) >= 11 is 0. The third-order valence-electron chi connectivity index (χ3n) is 10.0. The second kappa shape index (κ2) is 8.54. The Morgan fingerprint density at radius 1 is 0.390 bits per heavy atom. The first-order valence-electron chi connectivity index (χ1n) is 13.4. The molecule has 4 aliphatic carbocycles. The second-order valence-corrected chi connectivity index (χ2v) is 12.5. The van der Waals surface area contributed by atoms with Gasteiger partial charge in [-0.05, 0) is 71.5 Å². The molecule has 0 aliphatic heterocycles. The van der Waals surface area contributed by atoms with Crippen molar-refractivity contribution in [2.45, 2.75) is 78.7 Å². The first kappa shape index (κ1) is 28.2. The van der Waals surface area contributed by atoms with E-state index in [-0.39, 0.29) is 19.3 Å². The van der Waals surface area contributed by atoms with Crippen molar-refractivity contribution in [3.8, 4) is 0 Å². The van der Waals surface area contributed by atoms with Crippen molar-refractivity contribution < 1.29 is 39.5 Å². The Morgan fingerprint density at radius 3 is 0.951 bits per heavy atom. The molecule has 0 unspecified atom stereocenters. The van der Waals surface area contributed by atoms with Crippen LogP contribution in [0.15, 0.2) is 91.0 Å². The van der Waals surface area contributed by atoms with Gasteiger partial charge in [-0.3, -0.25) is 0 Å². The Bertz CT molecular complexity index is 1270. The molecule has 4 bridgehead atoms. The molecule has 3 aromatic carbocycles. The fourth-order valence-corrected chi connectivity index (χ4v) is 8.97. The number of halogens is 9. The molecule has 0 heterocycles. The molecule has 41 heavy (non-hydrogen) atoms. The van der Waals surface area contributed by atoms with Crippen LogP contribution in [-0.4, -0.2) is 23.9 Å². The lowest BCUT2D eigenvalue weighted by Gasteiger charge is -2.72. The molecule has 0 saturated heterocycles. The molecule has 0 aromatic heterocycles. The maximum Gasteiger partial charge on any atom is 0.460 e. The zero-order valence-corrected chi connectivity index (χ0v) is 21.8. The first-order valence-corrected chi connectivity index (χ1v) is 13.4. The van der Waals surface area contributed by atoms with Gasteiger partial charge in [-0.25, -0.2) is 0 Å². The predicted octanol–water partition coefficient (Wildman–Crippen LogP) is 9.64. The topological polar surface area (TPSA) is 0 Å². The highest BCUT2D eigenvalue weighted by molar-refractivity contribution is 5.46. The summed E-state index contributed by atoms with van der Waals surface area (Å²) in [5, 5.41) is 0. The van der Waals surface area contributed by atoms with Crippen LogP contribution in [0, 0.1) is 5.41 Å². The normalized spacial score (nSPS) is 31.8. The zero-order valence-electron chi connectivity index (χ0n) is 21.8. The Balaban J connectivity index is 1.65. The van der Waals surface area contributed by atoms with Crippen molar-refractivity contribution in [1.29, 1.82) is 0 Å². The molecule has 9 heteroatoms. The molecule has 7 rings (SSSR count). The molecule has 4 saturated carbocycles. The summed E-state index contributed by atoms with van der Waals surface area (Å²) in [5.74, 6) is -19.3. The van der Waals surface area contributed by atoms with Crippen molar-refractivity contribution in [2.75, 3.05) is 0 Å². The average Bonchev–Trinajstić information content (AvgIpc) is 2.93. The van der Waals surface area contributed by atoms with Crippen molar-refractivity contribution in [3.05, 3.63) is 108 Å². The van der Waals surface area contributed by atoms with Crippen LogP contribution < -0.4 is 0 Å². The van der Waals surface area contributed by atoms with Crippen LogP contribution in [0.2, 0.25) is 0 Å². The van der Waals surface area contributed by atoms with E-state index < -0.39 is 64.9 Å². The molecule has 0 N–H and O–H groups in total. The maximum absolute atomic E-state index is 16.5. The smallest absolute Gasteiger partial charge is 0.199 e. The monoisotopic (exact) mass is 582 g/mol. The van der Waals surface area contributed by atoms with E-state index in [1.807, 2.05) is 0 Å². The fraction of sp³-hybridized carbons (Fsp3) is 0.438. The van der Waals surface area contributed by atoms with E-state index in [0.29, 0.717) is 16.7 Å². The van der Waals surface area contributed by atoms with E-state index in [1.165, 1.54) is 0 Å². The molecule has 3 aromatic rings. The fourth-order valence-electron chi connectivity index (χ4n) is 8.97. The summed E-state index contributed by atoms with van der Waals surface area (Å²) in [6.45, 7) is 0. The standard InChI is InChI=1S/C32H27F9/c33-29(34,30(35,36)31(37,38)32(39,40)41)28-19-25(22-10-4-1-5-11-22)16-26(20-28,23-12-6-2-7-13-23)18-27(17-25,21-28)24-14-8-3-9-15-24/h1-15H,16-21H2. The van der Waals surface area contributed by atoms with Gasteiger partial charge in [0, 0.05) is 5.41 Å². The summed E-state index contributed by atoms with van der Waals surface area (Å²) in [4.78, 5) is 0. The quantitative estimate of drug-likeness (QED) is 0.254. The molecule has 0 radical (unpaired) electrons. The van der Waals surface area contributed by atoms with Gasteiger partial charge >= 0.3 is 23.9 Å². The van der Waals surface area contributed by atoms with Gasteiger partial charge in [0.15, 0.2) is 0 Å². The summed E-state index contributed by atoms with van der Waals surface area (Å²) in [6.07, 6.45) is -7.93. The predicted molar refractivity (Wildman–Crippen MR) is 135 cm³/mol. The van der Waals surface area contributed by atoms with E-state index in [2.05, 4.69) is 0 Å². The summed E-state index contributed by atoms with van der Waals surface area (Å²) in [5.41, 5.74) is -4.61. The molecule has 0 spiro atoms. The summed E-state index contributed by atoms with van der Waals surface area (Å²) < 4.78 is 132. The highest BCUT2D eigenvalue weighted by Gasteiger charge is 2.88. The number of benzene rings is 3. The van der Waals surface area contributed by atoms with E-state index in [4.69, 9.17) is 0 Å². The third-order valence-corrected chi connectivity index (χ3v) is 10.0. The van der Waals surface area contributed by atoms with Crippen LogP contribution in [0.25, 0.3) is 0 Å². The van der Waals surface area contributed by atoms with Gasteiger partial charge in [-0.15, -0.1) is 0 Å². The van der Waals surface area contributed by atoms with E-state index in [0.717, 1.165) is 0 Å². The molecular weight excluding hydrogens is 555 g/mol. The molecule has 0 atom stereocenters. The highest BCUT2D eigenvalue weighted by Crippen LogP contribution is 2.79. The zero-order chi connectivity index (χ0) is 29.6. The highest BCUT2D eigenvalue weighted by atomic mass is 19.4. The van der Waals surface area contributed by atoms with Crippen LogP contribution >= 0.6 is 0 Å². The molecule has 0 nitrogen and oxygen atoms in total. The molecular formula is C32H27F9. The SMILES string of the molecule is FC(F)(F)C(F)(F)C(F)(F)C(F)(F)C12CC3(c4ccccc4)CC(c4ccccc4)(CC(c4ccccc4)(C3)C1)C2. The van der Waals surface area contributed by atoms with Gasteiger partial charge < -0.3 is 0 Å². The van der Waals surface area contributed by atoms with E-state index in [9.17, 15) is 22.0 Å². The van der Waals surface area contributed by atoms with E-state index in [1.54, 1.807) is 91.0 Å².